The summed E-state index contributed by atoms with van der Waals surface area (Å²) in [5.41, 5.74) is 9.92. The number of aryl methyl sites for hydroxylation is 1. The smallest absolute Gasteiger partial charge is 0.141 e. The lowest BCUT2D eigenvalue weighted by Crippen LogP contribution is -2.18. The van der Waals surface area contributed by atoms with E-state index in [-0.39, 0.29) is 5.41 Å². The van der Waals surface area contributed by atoms with E-state index in [2.05, 4.69) is 42.9 Å². The molecule has 0 aliphatic carbocycles. The number of anilines is 1. The van der Waals surface area contributed by atoms with Gasteiger partial charge in [0, 0.05) is 16.5 Å². The number of nitrogen functional groups attached to an aromatic ring is 1. The van der Waals surface area contributed by atoms with E-state index in [0.717, 1.165) is 29.2 Å². The predicted octanol–water partition coefficient (Wildman–Crippen LogP) is 2.70. The number of hydrogen-bond acceptors (Lipinski definition) is 4. The van der Waals surface area contributed by atoms with E-state index in [9.17, 15) is 0 Å². The second kappa shape index (κ2) is 3.95. The summed E-state index contributed by atoms with van der Waals surface area (Å²) in [5.74, 6) is 1.42. The van der Waals surface area contributed by atoms with Crippen molar-refractivity contribution in [2.45, 2.75) is 26.2 Å². The topological polar surface area (TPSA) is 61.0 Å². The molecule has 19 heavy (non-hydrogen) atoms. The van der Waals surface area contributed by atoms with Gasteiger partial charge >= 0.3 is 0 Å². The number of nitrogens with two attached hydrogens (primary N) is 1. The second-order valence-corrected chi connectivity index (χ2v) is 5.66. The van der Waals surface area contributed by atoms with Gasteiger partial charge in [-0.3, -0.25) is 4.98 Å². The fraction of sp³-hybridized carbons (Fsp3) is 0.333. The average Bonchev–Trinajstić information content (AvgIpc) is 2.65. The summed E-state index contributed by atoms with van der Waals surface area (Å²) in [7, 11) is 0. The van der Waals surface area contributed by atoms with Gasteiger partial charge in [-0.1, -0.05) is 13.8 Å². The standard InChI is InChI=1S/C15H17N3O/c1-9-4-13-11(15(2,3)8-19-13)5-10(9)12-6-18-14(16)7-17-12/h4-7H,8H2,1-3H3,(H2,16,18). The number of fused-ring (bicyclic) bond motifs is 1. The molecule has 0 saturated carbocycles. The van der Waals surface area contributed by atoms with Crippen LogP contribution in [0.5, 0.6) is 5.75 Å². The van der Waals surface area contributed by atoms with Crippen LogP contribution in [0, 0.1) is 6.92 Å². The Hall–Kier alpha value is -2.10. The van der Waals surface area contributed by atoms with Gasteiger partial charge in [-0.25, -0.2) is 4.98 Å². The van der Waals surface area contributed by atoms with Gasteiger partial charge in [0.2, 0.25) is 0 Å². The van der Waals surface area contributed by atoms with Crippen LogP contribution < -0.4 is 10.5 Å². The molecule has 0 fully saturated rings. The van der Waals surface area contributed by atoms with E-state index in [0.29, 0.717) is 5.82 Å². The van der Waals surface area contributed by atoms with Gasteiger partial charge < -0.3 is 10.5 Å². The number of rotatable bonds is 1. The van der Waals surface area contributed by atoms with Crippen LogP contribution in [0.1, 0.15) is 25.0 Å². The van der Waals surface area contributed by atoms with Crippen molar-refractivity contribution in [2.24, 2.45) is 0 Å². The van der Waals surface area contributed by atoms with Crippen LogP contribution in [0.4, 0.5) is 5.82 Å². The van der Waals surface area contributed by atoms with E-state index in [4.69, 9.17) is 10.5 Å². The number of ether oxygens (including phenoxy) is 1. The van der Waals surface area contributed by atoms with Gasteiger partial charge in [-0.2, -0.15) is 0 Å². The lowest BCUT2D eigenvalue weighted by Gasteiger charge is -2.16. The maximum absolute atomic E-state index is 5.75. The number of nitrogens with zero attached hydrogens (tertiary/aromatic N) is 2. The first-order chi connectivity index (χ1) is 8.97. The highest BCUT2D eigenvalue weighted by atomic mass is 16.5. The number of hydrogen-bond donors (Lipinski definition) is 1. The van der Waals surface area contributed by atoms with Crippen LogP contribution >= 0.6 is 0 Å². The molecule has 0 unspecified atom stereocenters. The van der Waals surface area contributed by atoms with Crippen LogP contribution in [0.15, 0.2) is 24.5 Å². The fourth-order valence-corrected chi connectivity index (χ4v) is 2.42. The summed E-state index contributed by atoms with van der Waals surface area (Å²) < 4.78 is 5.75. The van der Waals surface area contributed by atoms with Crippen molar-refractivity contribution in [1.82, 2.24) is 9.97 Å². The first-order valence-corrected chi connectivity index (χ1v) is 6.33. The molecule has 2 aromatic rings. The van der Waals surface area contributed by atoms with Crippen molar-refractivity contribution in [3.05, 3.63) is 35.7 Å². The highest BCUT2D eigenvalue weighted by molar-refractivity contribution is 5.67. The summed E-state index contributed by atoms with van der Waals surface area (Å²) in [6, 6.07) is 4.25. The van der Waals surface area contributed by atoms with Gasteiger partial charge in [0.25, 0.3) is 0 Å². The summed E-state index contributed by atoms with van der Waals surface area (Å²) in [5, 5.41) is 0. The SMILES string of the molecule is Cc1cc2c(cc1-c1cnc(N)cn1)C(C)(C)CO2. The van der Waals surface area contributed by atoms with Gasteiger partial charge in [0.1, 0.15) is 11.6 Å². The molecule has 2 heterocycles. The molecule has 1 aromatic carbocycles. The van der Waals surface area contributed by atoms with Gasteiger partial charge in [0.15, 0.2) is 0 Å². The largest absolute Gasteiger partial charge is 0.492 e. The third-order valence-electron chi connectivity index (χ3n) is 3.59. The second-order valence-electron chi connectivity index (χ2n) is 5.66. The van der Waals surface area contributed by atoms with Crippen LogP contribution in [0.2, 0.25) is 0 Å². The molecule has 4 nitrogen and oxygen atoms in total. The fourth-order valence-electron chi connectivity index (χ4n) is 2.42. The summed E-state index contributed by atoms with van der Waals surface area (Å²) in [6.45, 7) is 7.15. The van der Waals surface area contributed by atoms with Crippen LogP contribution in [-0.2, 0) is 5.41 Å². The Bertz CT molecular complexity index is 633. The van der Waals surface area contributed by atoms with Crippen molar-refractivity contribution in [3.8, 4) is 17.0 Å². The third kappa shape index (κ3) is 1.93. The van der Waals surface area contributed by atoms with Crippen LogP contribution in [-0.4, -0.2) is 16.6 Å². The maximum atomic E-state index is 5.75. The average molecular weight is 255 g/mol. The normalized spacial score (nSPS) is 15.9. The number of aromatic nitrogens is 2. The van der Waals surface area contributed by atoms with E-state index in [1.165, 1.54) is 5.56 Å². The molecule has 1 aromatic heterocycles. The van der Waals surface area contributed by atoms with Crippen molar-refractivity contribution in [2.75, 3.05) is 12.3 Å². The zero-order valence-electron chi connectivity index (χ0n) is 11.4. The Morgan fingerprint density at radius 2 is 2.00 bits per heavy atom. The Balaban J connectivity index is 2.15. The number of benzene rings is 1. The van der Waals surface area contributed by atoms with Crippen molar-refractivity contribution >= 4 is 5.82 Å². The Morgan fingerprint density at radius 1 is 1.21 bits per heavy atom. The summed E-state index contributed by atoms with van der Waals surface area (Å²) in [4.78, 5) is 8.46. The lowest BCUT2D eigenvalue weighted by molar-refractivity contribution is 0.291. The van der Waals surface area contributed by atoms with Crippen molar-refractivity contribution in [3.63, 3.8) is 0 Å². The predicted molar refractivity (Wildman–Crippen MR) is 75.1 cm³/mol. The van der Waals surface area contributed by atoms with Crippen molar-refractivity contribution < 1.29 is 4.74 Å². The minimum atomic E-state index is 0.0407. The molecular formula is C15H17N3O. The zero-order chi connectivity index (χ0) is 13.6. The quantitative estimate of drug-likeness (QED) is 0.851. The highest BCUT2D eigenvalue weighted by Crippen LogP contribution is 2.41. The molecular weight excluding hydrogens is 238 g/mol. The van der Waals surface area contributed by atoms with Crippen LogP contribution in [0.3, 0.4) is 0 Å². The van der Waals surface area contributed by atoms with Crippen LogP contribution in [0.25, 0.3) is 11.3 Å². The van der Waals surface area contributed by atoms with E-state index in [1.807, 2.05) is 0 Å². The van der Waals surface area contributed by atoms with Gasteiger partial charge in [-0.05, 0) is 24.6 Å². The molecule has 0 radical (unpaired) electrons. The van der Waals surface area contributed by atoms with E-state index < -0.39 is 0 Å². The molecule has 2 N–H and O–H groups in total. The molecule has 0 saturated heterocycles. The minimum Gasteiger partial charge on any atom is -0.492 e. The molecule has 0 bridgehead atoms. The highest BCUT2D eigenvalue weighted by Gasteiger charge is 2.32. The monoisotopic (exact) mass is 255 g/mol. The zero-order valence-corrected chi connectivity index (χ0v) is 11.4. The Morgan fingerprint density at radius 3 is 2.68 bits per heavy atom. The molecule has 1 aliphatic rings. The maximum Gasteiger partial charge on any atom is 0.141 e. The molecule has 98 valence electrons. The summed E-state index contributed by atoms with van der Waals surface area (Å²) >= 11 is 0. The minimum absolute atomic E-state index is 0.0407. The first-order valence-electron chi connectivity index (χ1n) is 6.33. The van der Waals surface area contributed by atoms with Crippen molar-refractivity contribution in [1.29, 1.82) is 0 Å². The molecule has 0 spiro atoms. The molecule has 0 atom stereocenters. The summed E-state index contributed by atoms with van der Waals surface area (Å²) in [6.07, 6.45) is 3.30. The third-order valence-corrected chi connectivity index (χ3v) is 3.59. The Kier molecular flexibility index (Phi) is 2.49. The molecule has 3 rings (SSSR count). The molecule has 1 aliphatic heterocycles. The van der Waals surface area contributed by atoms with E-state index in [1.54, 1.807) is 12.4 Å². The van der Waals surface area contributed by atoms with Gasteiger partial charge in [-0.15, -0.1) is 0 Å². The van der Waals surface area contributed by atoms with E-state index >= 15 is 0 Å². The molecule has 4 heteroatoms. The lowest BCUT2D eigenvalue weighted by atomic mass is 9.85. The Labute approximate surface area is 112 Å². The molecule has 0 amide bonds. The first kappa shape index (κ1) is 12.0. The van der Waals surface area contributed by atoms with Gasteiger partial charge in [0.05, 0.1) is 24.7 Å².